The quantitative estimate of drug-likeness (QED) is 0.818. The van der Waals surface area contributed by atoms with Crippen LogP contribution in [-0.4, -0.2) is 18.7 Å². The maximum Gasteiger partial charge on any atom is 0.251 e. The minimum atomic E-state index is -0.591. The Kier molecular flexibility index (Phi) is 2.42. The lowest BCUT2D eigenvalue weighted by atomic mass is 9.84. The van der Waals surface area contributed by atoms with Crippen LogP contribution in [0, 0.1) is 5.41 Å². The molecule has 0 saturated heterocycles. The highest BCUT2D eigenvalue weighted by Gasteiger charge is 2.39. The van der Waals surface area contributed by atoms with Gasteiger partial charge in [-0.3, -0.25) is 4.79 Å². The molecule has 0 saturated carbocycles. The van der Waals surface area contributed by atoms with E-state index in [2.05, 4.69) is 10.5 Å². The molecule has 16 heavy (non-hydrogen) atoms. The molecule has 4 heteroatoms. The van der Waals surface area contributed by atoms with E-state index >= 15 is 0 Å². The van der Waals surface area contributed by atoms with Crippen molar-refractivity contribution in [3.63, 3.8) is 0 Å². The first-order chi connectivity index (χ1) is 7.55. The van der Waals surface area contributed by atoms with Gasteiger partial charge in [-0.25, -0.2) is 5.43 Å². The lowest BCUT2D eigenvalue weighted by Crippen LogP contribution is -2.32. The van der Waals surface area contributed by atoms with Gasteiger partial charge in [0.05, 0.1) is 18.2 Å². The fourth-order valence-electron chi connectivity index (χ4n) is 1.69. The molecule has 0 aliphatic carbocycles. The topological polar surface area (TPSA) is 50.7 Å². The third-order valence-electron chi connectivity index (χ3n) is 2.77. The molecule has 84 valence electrons. The van der Waals surface area contributed by atoms with Crippen molar-refractivity contribution in [2.24, 2.45) is 10.5 Å². The summed E-state index contributed by atoms with van der Waals surface area (Å²) < 4.78 is 5.15. The molecule has 1 heterocycles. The molecule has 1 aliphatic rings. The van der Waals surface area contributed by atoms with Crippen LogP contribution in [-0.2, 0) is 4.79 Å². The second-order valence-corrected chi connectivity index (χ2v) is 4.26. The fourth-order valence-corrected chi connectivity index (χ4v) is 1.69. The second kappa shape index (κ2) is 3.63. The lowest BCUT2D eigenvalue weighted by molar-refractivity contribution is -0.125. The van der Waals surface area contributed by atoms with Crippen molar-refractivity contribution in [2.75, 3.05) is 7.11 Å². The van der Waals surface area contributed by atoms with E-state index in [1.165, 1.54) is 0 Å². The Labute approximate surface area is 94.3 Å². The van der Waals surface area contributed by atoms with Gasteiger partial charge in [0.1, 0.15) is 5.75 Å². The van der Waals surface area contributed by atoms with Crippen LogP contribution < -0.4 is 10.2 Å². The highest BCUT2D eigenvalue weighted by Crippen LogP contribution is 2.28. The number of benzene rings is 1. The van der Waals surface area contributed by atoms with E-state index in [4.69, 9.17) is 4.74 Å². The summed E-state index contributed by atoms with van der Waals surface area (Å²) in [7, 11) is 1.62. The van der Waals surface area contributed by atoms with Crippen molar-refractivity contribution in [3.8, 4) is 5.75 Å². The lowest BCUT2D eigenvalue weighted by Gasteiger charge is -2.17. The second-order valence-electron chi connectivity index (χ2n) is 4.26. The summed E-state index contributed by atoms with van der Waals surface area (Å²) in [6.07, 6.45) is 0. The first-order valence-electron chi connectivity index (χ1n) is 5.09. The highest BCUT2D eigenvalue weighted by atomic mass is 16.5. The van der Waals surface area contributed by atoms with Gasteiger partial charge in [-0.05, 0) is 26.0 Å². The van der Waals surface area contributed by atoms with E-state index in [0.29, 0.717) is 0 Å². The Morgan fingerprint density at radius 1 is 1.38 bits per heavy atom. The normalized spacial score (nSPS) is 17.9. The Morgan fingerprint density at radius 2 is 2.12 bits per heavy atom. The predicted molar refractivity (Wildman–Crippen MR) is 61.5 cm³/mol. The van der Waals surface area contributed by atoms with E-state index < -0.39 is 5.41 Å². The maximum atomic E-state index is 11.6. The average Bonchev–Trinajstić information content (AvgIpc) is 2.54. The summed E-state index contributed by atoms with van der Waals surface area (Å²) in [5.74, 6) is 0.681. The Bertz CT molecular complexity index is 464. The molecule has 0 bridgehead atoms. The zero-order chi connectivity index (χ0) is 11.8. The number of ether oxygens (including phenoxy) is 1. The Hall–Kier alpha value is -1.84. The number of carbonyl (C=O) groups excluding carboxylic acids is 1. The van der Waals surface area contributed by atoms with Crippen LogP contribution in [0.3, 0.4) is 0 Å². The van der Waals surface area contributed by atoms with Crippen molar-refractivity contribution in [1.82, 2.24) is 5.43 Å². The van der Waals surface area contributed by atoms with Crippen LogP contribution in [0.2, 0.25) is 0 Å². The molecule has 2 rings (SSSR count). The first-order valence-corrected chi connectivity index (χ1v) is 5.09. The van der Waals surface area contributed by atoms with Crippen LogP contribution in [0.25, 0.3) is 0 Å². The average molecular weight is 218 g/mol. The van der Waals surface area contributed by atoms with Crippen LogP contribution in [0.15, 0.2) is 29.4 Å². The number of hydrogen-bond donors (Lipinski definition) is 1. The van der Waals surface area contributed by atoms with E-state index in [1.54, 1.807) is 7.11 Å². The summed E-state index contributed by atoms with van der Waals surface area (Å²) in [6, 6.07) is 7.54. The summed E-state index contributed by atoms with van der Waals surface area (Å²) in [4.78, 5) is 11.6. The van der Waals surface area contributed by atoms with Gasteiger partial charge in [0.2, 0.25) is 0 Å². The zero-order valence-corrected chi connectivity index (χ0v) is 9.57. The number of carbonyl (C=O) groups is 1. The van der Waals surface area contributed by atoms with Gasteiger partial charge in [-0.1, -0.05) is 12.1 Å². The van der Waals surface area contributed by atoms with Crippen molar-refractivity contribution in [1.29, 1.82) is 0 Å². The molecule has 1 aliphatic heterocycles. The Balaban J connectivity index is 2.42. The molecule has 1 aromatic carbocycles. The van der Waals surface area contributed by atoms with Crippen molar-refractivity contribution in [3.05, 3.63) is 29.8 Å². The van der Waals surface area contributed by atoms with Gasteiger partial charge < -0.3 is 4.74 Å². The summed E-state index contributed by atoms with van der Waals surface area (Å²) in [5.41, 5.74) is 3.57. The summed E-state index contributed by atoms with van der Waals surface area (Å²) >= 11 is 0. The fraction of sp³-hybridized carbons (Fsp3) is 0.333. The molecule has 0 aromatic heterocycles. The van der Waals surface area contributed by atoms with Crippen LogP contribution in [0.1, 0.15) is 19.4 Å². The van der Waals surface area contributed by atoms with Gasteiger partial charge >= 0.3 is 0 Å². The number of hydrazone groups is 1. The van der Waals surface area contributed by atoms with E-state index in [-0.39, 0.29) is 5.91 Å². The molecular formula is C12H14N2O2. The summed E-state index contributed by atoms with van der Waals surface area (Å²) in [5, 5.41) is 4.08. The van der Waals surface area contributed by atoms with E-state index in [1.807, 2.05) is 38.1 Å². The van der Waals surface area contributed by atoms with Crippen molar-refractivity contribution < 1.29 is 9.53 Å². The maximum absolute atomic E-state index is 11.6. The largest absolute Gasteiger partial charge is 0.497 e. The minimum Gasteiger partial charge on any atom is -0.497 e. The van der Waals surface area contributed by atoms with Crippen LogP contribution in [0.5, 0.6) is 5.75 Å². The number of nitrogens with zero attached hydrogens (tertiary/aromatic N) is 1. The van der Waals surface area contributed by atoms with Crippen molar-refractivity contribution in [2.45, 2.75) is 13.8 Å². The summed E-state index contributed by atoms with van der Waals surface area (Å²) in [6.45, 7) is 3.71. The van der Waals surface area contributed by atoms with Crippen LogP contribution >= 0.6 is 0 Å². The van der Waals surface area contributed by atoms with Crippen molar-refractivity contribution >= 4 is 11.6 Å². The number of methoxy groups -OCH3 is 1. The van der Waals surface area contributed by atoms with E-state index in [9.17, 15) is 4.79 Å². The van der Waals surface area contributed by atoms with E-state index in [0.717, 1.165) is 17.0 Å². The van der Waals surface area contributed by atoms with Gasteiger partial charge in [0.25, 0.3) is 5.91 Å². The third-order valence-corrected chi connectivity index (χ3v) is 2.77. The zero-order valence-electron chi connectivity index (χ0n) is 9.57. The van der Waals surface area contributed by atoms with Crippen LogP contribution in [0.4, 0.5) is 0 Å². The Morgan fingerprint density at radius 3 is 2.69 bits per heavy atom. The smallest absolute Gasteiger partial charge is 0.251 e. The van der Waals surface area contributed by atoms with Gasteiger partial charge in [-0.15, -0.1) is 0 Å². The number of amides is 1. The minimum absolute atomic E-state index is 0.0784. The molecule has 0 spiro atoms. The SMILES string of the molecule is COc1cccc(C2=NNC(=O)C2(C)C)c1. The molecule has 1 N–H and O–H groups in total. The molecule has 1 aromatic rings. The molecule has 0 unspecified atom stereocenters. The predicted octanol–water partition coefficient (Wildman–Crippen LogP) is 1.56. The molecule has 0 atom stereocenters. The first kappa shape index (κ1) is 10.7. The third kappa shape index (κ3) is 1.56. The van der Waals surface area contributed by atoms with Gasteiger partial charge in [-0.2, -0.15) is 5.10 Å². The molecule has 0 fully saturated rings. The molecule has 4 nitrogen and oxygen atoms in total. The molecular weight excluding hydrogens is 204 g/mol. The number of nitrogens with one attached hydrogen (secondary N) is 1. The number of hydrogen-bond acceptors (Lipinski definition) is 3. The number of rotatable bonds is 2. The monoisotopic (exact) mass is 218 g/mol. The molecule has 1 amide bonds. The standard InChI is InChI=1S/C12H14N2O2/c1-12(2)10(13-14-11(12)15)8-5-4-6-9(7-8)16-3/h4-7H,1-3H3,(H,14,15). The highest BCUT2D eigenvalue weighted by molar-refractivity contribution is 6.19. The molecule has 0 radical (unpaired) electrons. The van der Waals surface area contributed by atoms with Gasteiger partial charge in [0, 0.05) is 5.56 Å². The van der Waals surface area contributed by atoms with Gasteiger partial charge in [0.15, 0.2) is 0 Å².